The second-order valence-electron chi connectivity index (χ2n) is 2.05. The lowest BCUT2D eigenvalue weighted by Gasteiger charge is -2.08. The summed E-state index contributed by atoms with van der Waals surface area (Å²) in [5.41, 5.74) is 0. The number of carbonyl (C=O) groups is 1. The molecule has 0 N–H and O–H groups in total. The number of ether oxygens (including phenoxy) is 1. The molecule has 0 aromatic heterocycles. The van der Waals surface area contributed by atoms with Crippen molar-refractivity contribution in [3.63, 3.8) is 0 Å². The van der Waals surface area contributed by atoms with Crippen LogP contribution in [-0.2, 0) is 9.53 Å². The highest BCUT2D eigenvalue weighted by atomic mass is 16.5. The maximum atomic E-state index is 9.97. The van der Waals surface area contributed by atoms with E-state index in [1.807, 2.05) is 0 Å². The highest BCUT2D eigenvalue weighted by Crippen LogP contribution is 2.02. The molecule has 1 atom stereocenters. The minimum Gasteiger partial charge on any atom is -0.381 e. The lowest BCUT2D eigenvalue weighted by molar-refractivity contribution is -0.110. The Morgan fingerprint density at radius 1 is 1.67 bits per heavy atom. The maximum absolute atomic E-state index is 9.97. The predicted octanol–water partition coefficient (Wildman–Crippen LogP) is 1.39. The zero-order valence-electron chi connectivity index (χ0n) is 6.09. The van der Waals surface area contributed by atoms with Crippen molar-refractivity contribution < 1.29 is 9.53 Å². The van der Waals surface area contributed by atoms with E-state index in [1.165, 1.54) is 0 Å². The molecule has 2 heteroatoms. The molecule has 0 fully saturated rings. The third-order valence-corrected chi connectivity index (χ3v) is 1.30. The third-order valence-electron chi connectivity index (χ3n) is 1.30. The van der Waals surface area contributed by atoms with E-state index in [-0.39, 0.29) is 6.10 Å². The van der Waals surface area contributed by atoms with Gasteiger partial charge in [0.1, 0.15) is 6.29 Å². The molecule has 0 aliphatic carbocycles. The van der Waals surface area contributed by atoms with Gasteiger partial charge >= 0.3 is 0 Å². The molecule has 0 bridgehead atoms. The minimum atomic E-state index is 0.146. The van der Waals surface area contributed by atoms with Gasteiger partial charge in [0.15, 0.2) is 0 Å². The summed E-state index contributed by atoms with van der Waals surface area (Å²) in [5, 5.41) is 0. The van der Waals surface area contributed by atoms with E-state index in [9.17, 15) is 4.79 Å². The van der Waals surface area contributed by atoms with Crippen LogP contribution in [-0.4, -0.2) is 19.5 Å². The zero-order valence-corrected chi connectivity index (χ0v) is 6.09. The highest BCUT2D eigenvalue weighted by Gasteiger charge is 2.02. The summed E-state index contributed by atoms with van der Waals surface area (Å²) in [4.78, 5) is 9.97. The van der Waals surface area contributed by atoms with E-state index < -0.39 is 0 Å². The minimum absolute atomic E-state index is 0.146. The molecule has 0 amide bonds. The maximum Gasteiger partial charge on any atom is 0.122 e. The summed E-state index contributed by atoms with van der Waals surface area (Å²) in [7, 11) is 1.64. The molecular formula is C7H14O2. The van der Waals surface area contributed by atoms with E-state index in [2.05, 4.69) is 6.92 Å². The molecule has 2 nitrogen and oxygen atoms in total. The Kier molecular flexibility index (Phi) is 5.52. The van der Waals surface area contributed by atoms with Crippen LogP contribution in [0.5, 0.6) is 0 Å². The van der Waals surface area contributed by atoms with Crippen LogP contribution >= 0.6 is 0 Å². The van der Waals surface area contributed by atoms with Gasteiger partial charge < -0.3 is 9.53 Å². The van der Waals surface area contributed by atoms with Crippen LogP contribution in [0.1, 0.15) is 26.2 Å². The van der Waals surface area contributed by atoms with Crippen LogP contribution in [0.4, 0.5) is 0 Å². The second kappa shape index (κ2) is 5.76. The van der Waals surface area contributed by atoms with Crippen molar-refractivity contribution in [1.82, 2.24) is 0 Å². The average molecular weight is 130 g/mol. The first-order valence-electron chi connectivity index (χ1n) is 3.31. The van der Waals surface area contributed by atoms with E-state index in [4.69, 9.17) is 4.74 Å². The van der Waals surface area contributed by atoms with Crippen molar-refractivity contribution in [2.75, 3.05) is 7.11 Å². The molecule has 1 unspecified atom stereocenters. The smallest absolute Gasteiger partial charge is 0.122 e. The van der Waals surface area contributed by atoms with Gasteiger partial charge in [-0.25, -0.2) is 0 Å². The van der Waals surface area contributed by atoms with Crippen molar-refractivity contribution in [2.45, 2.75) is 32.3 Å². The number of rotatable bonds is 5. The Hall–Kier alpha value is -0.370. The Labute approximate surface area is 56.2 Å². The van der Waals surface area contributed by atoms with Crippen LogP contribution in [0.3, 0.4) is 0 Å². The fourth-order valence-electron chi connectivity index (χ4n) is 0.761. The fraction of sp³-hybridized carbons (Fsp3) is 0.857. The molecule has 0 aliphatic rings. The molecule has 9 heavy (non-hydrogen) atoms. The summed E-state index contributed by atoms with van der Waals surface area (Å²) >= 11 is 0. The van der Waals surface area contributed by atoms with Gasteiger partial charge in [0, 0.05) is 13.5 Å². The Bertz CT molecular complexity index is 71.3. The number of hydrogen-bond acceptors (Lipinski definition) is 2. The van der Waals surface area contributed by atoms with Crippen LogP contribution in [0.25, 0.3) is 0 Å². The summed E-state index contributed by atoms with van der Waals surface area (Å²) < 4.78 is 5.00. The molecule has 0 heterocycles. The number of carbonyl (C=O) groups excluding carboxylic acids is 1. The van der Waals surface area contributed by atoms with Crippen molar-refractivity contribution in [1.29, 1.82) is 0 Å². The van der Waals surface area contributed by atoms with Gasteiger partial charge in [-0.05, 0) is 6.42 Å². The van der Waals surface area contributed by atoms with Gasteiger partial charge in [-0.1, -0.05) is 13.3 Å². The van der Waals surface area contributed by atoms with E-state index >= 15 is 0 Å². The Morgan fingerprint density at radius 3 is 2.67 bits per heavy atom. The molecule has 0 saturated heterocycles. The molecule has 0 spiro atoms. The van der Waals surface area contributed by atoms with E-state index in [1.54, 1.807) is 7.11 Å². The first-order chi connectivity index (χ1) is 4.35. The Balaban J connectivity index is 3.28. The summed E-state index contributed by atoms with van der Waals surface area (Å²) in [6.07, 6.45) is 3.64. The van der Waals surface area contributed by atoms with Crippen LogP contribution in [0.2, 0.25) is 0 Å². The molecule has 54 valence electrons. The monoisotopic (exact) mass is 130 g/mol. The largest absolute Gasteiger partial charge is 0.381 e. The summed E-state index contributed by atoms with van der Waals surface area (Å²) in [6.45, 7) is 2.08. The normalized spacial score (nSPS) is 13.1. The van der Waals surface area contributed by atoms with Crippen LogP contribution in [0.15, 0.2) is 0 Å². The van der Waals surface area contributed by atoms with E-state index in [0.717, 1.165) is 19.1 Å². The summed E-state index contributed by atoms with van der Waals surface area (Å²) in [6, 6.07) is 0. The average Bonchev–Trinajstić information content (AvgIpc) is 1.88. The molecule has 0 saturated carbocycles. The second-order valence-corrected chi connectivity index (χ2v) is 2.05. The standard InChI is InChI=1S/C7H14O2/c1-3-4-7(9-2)5-6-8/h6-7H,3-5H2,1-2H3. The van der Waals surface area contributed by atoms with Crippen molar-refractivity contribution in [3.8, 4) is 0 Å². The molecular weight excluding hydrogens is 116 g/mol. The number of aldehydes is 1. The van der Waals surface area contributed by atoms with Gasteiger partial charge in [0.05, 0.1) is 6.10 Å². The van der Waals surface area contributed by atoms with Gasteiger partial charge in [-0.15, -0.1) is 0 Å². The molecule has 0 aromatic rings. The lowest BCUT2D eigenvalue weighted by atomic mass is 10.2. The van der Waals surface area contributed by atoms with Crippen molar-refractivity contribution in [2.24, 2.45) is 0 Å². The first kappa shape index (κ1) is 8.63. The zero-order chi connectivity index (χ0) is 7.11. The topological polar surface area (TPSA) is 26.3 Å². The highest BCUT2D eigenvalue weighted by molar-refractivity contribution is 5.50. The number of methoxy groups -OCH3 is 1. The van der Waals surface area contributed by atoms with Gasteiger partial charge in [0.2, 0.25) is 0 Å². The predicted molar refractivity (Wildman–Crippen MR) is 36.4 cm³/mol. The SMILES string of the molecule is CCCC(CC=O)OC. The van der Waals surface area contributed by atoms with E-state index in [0.29, 0.717) is 6.42 Å². The van der Waals surface area contributed by atoms with Gasteiger partial charge in [-0.3, -0.25) is 0 Å². The van der Waals surface area contributed by atoms with Crippen LogP contribution in [0, 0.1) is 0 Å². The molecule has 0 rings (SSSR count). The van der Waals surface area contributed by atoms with Gasteiger partial charge in [-0.2, -0.15) is 0 Å². The fourth-order valence-corrected chi connectivity index (χ4v) is 0.761. The van der Waals surface area contributed by atoms with Crippen LogP contribution < -0.4 is 0 Å². The molecule has 0 radical (unpaired) electrons. The number of hydrogen-bond donors (Lipinski definition) is 0. The van der Waals surface area contributed by atoms with Gasteiger partial charge in [0.25, 0.3) is 0 Å². The molecule has 0 aromatic carbocycles. The lowest BCUT2D eigenvalue weighted by Crippen LogP contribution is -2.09. The Morgan fingerprint density at radius 2 is 2.33 bits per heavy atom. The first-order valence-corrected chi connectivity index (χ1v) is 3.31. The molecule has 0 aliphatic heterocycles. The quantitative estimate of drug-likeness (QED) is 0.526. The summed E-state index contributed by atoms with van der Waals surface area (Å²) in [5.74, 6) is 0. The van der Waals surface area contributed by atoms with Crippen molar-refractivity contribution in [3.05, 3.63) is 0 Å². The van der Waals surface area contributed by atoms with Crippen molar-refractivity contribution >= 4 is 6.29 Å². The third kappa shape index (κ3) is 4.15.